The quantitative estimate of drug-likeness (QED) is 0.627. The Balaban J connectivity index is 1.89. The zero-order valence-electron chi connectivity index (χ0n) is 9.91. The second-order valence-electron chi connectivity index (χ2n) is 5.13. The van der Waals surface area contributed by atoms with Crippen molar-refractivity contribution in [2.24, 2.45) is 0 Å². The molecule has 0 aliphatic carbocycles. The molecule has 0 aromatic heterocycles. The van der Waals surface area contributed by atoms with E-state index in [0.29, 0.717) is 26.2 Å². The molecule has 2 rings (SSSR count). The van der Waals surface area contributed by atoms with Crippen LogP contribution in [0.1, 0.15) is 12.8 Å². The standard InChI is InChI=1S/C11H21N3O2/c1-13-5-2-3-11(16,8-13)9-14-6-4-12-10(15)7-14/h16H,2-9H2,1H3,(H,12,15)/t11-/m0/s1. The molecule has 5 heteroatoms. The van der Waals surface area contributed by atoms with Gasteiger partial charge in [0.1, 0.15) is 0 Å². The maximum Gasteiger partial charge on any atom is 0.234 e. The Morgan fingerprint density at radius 1 is 1.50 bits per heavy atom. The molecule has 0 bridgehead atoms. The van der Waals surface area contributed by atoms with Gasteiger partial charge in [-0.1, -0.05) is 0 Å². The van der Waals surface area contributed by atoms with Crippen molar-refractivity contribution < 1.29 is 9.90 Å². The molecule has 1 amide bonds. The van der Waals surface area contributed by atoms with E-state index in [1.165, 1.54) is 0 Å². The molecule has 0 saturated carbocycles. The molecule has 0 radical (unpaired) electrons. The summed E-state index contributed by atoms with van der Waals surface area (Å²) in [6, 6.07) is 0. The summed E-state index contributed by atoms with van der Waals surface area (Å²) in [4.78, 5) is 15.5. The maximum absolute atomic E-state index is 11.2. The lowest BCUT2D eigenvalue weighted by Gasteiger charge is -2.41. The first kappa shape index (κ1) is 11.8. The van der Waals surface area contributed by atoms with Gasteiger partial charge in [0.25, 0.3) is 0 Å². The van der Waals surface area contributed by atoms with E-state index in [0.717, 1.165) is 25.9 Å². The highest BCUT2D eigenvalue weighted by Gasteiger charge is 2.34. The van der Waals surface area contributed by atoms with Crippen LogP contribution in [0.2, 0.25) is 0 Å². The number of rotatable bonds is 2. The number of hydrogen-bond donors (Lipinski definition) is 2. The average Bonchev–Trinajstić information content (AvgIpc) is 2.16. The predicted molar refractivity (Wildman–Crippen MR) is 61.1 cm³/mol. The molecule has 16 heavy (non-hydrogen) atoms. The SMILES string of the molecule is CN1CCC[C@@](O)(CN2CCNC(=O)C2)C1. The van der Waals surface area contributed by atoms with Crippen LogP contribution in [-0.4, -0.2) is 72.7 Å². The number of likely N-dealkylation sites (tertiary alicyclic amines) is 1. The number of piperidine rings is 1. The third-order valence-corrected chi connectivity index (χ3v) is 3.38. The number of amides is 1. The van der Waals surface area contributed by atoms with Crippen LogP contribution < -0.4 is 5.32 Å². The van der Waals surface area contributed by atoms with Gasteiger partial charge in [-0.25, -0.2) is 0 Å². The summed E-state index contributed by atoms with van der Waals surface area (Å²) < 4.78 is 0. The van der Waals surface area contributed by atoms with Crippen molar-refractivity contribution in [3.63, 3.8) is 0 Å². The van der Waals surface area contributed by atoms with Gasteiger partial charge in [-0.3, -0.25) is 9.69 Å². The summed E-state index contributed by atoms with van der Waals surface area (Å²) in [7, 11) is 2.03. The number of piperazine rings is 1. The number of aliphatic hydroxyl groups is 1. The van der Waals surface area contributed by atoms with Crippen LogP contribution in [-0.2, 0) is 4.79 Å². The highest BCUT2D eigenvalue weighted by molar-refractivity contribution is 5.78. The van der Waals surface area contributed by atoms with Gasteiger partial charge in [0, 0.05) is 26.2 Å². The second-order valence-corrected chi connectivity index (χ2v) is 5.13. The van der Waals surface area contributed by atoms with Crippen LogP contribution in [0.25, 0.3) is 0 Å². The summed E-state index contributed by atoms with van der Waals surface area (Å²) in [6.07, 6.45) is 1.88. The van der Waals surface area contributed by atoms with Crippen LogP contribution in [0.15, 0.2) is 0 Å². The van der Waals surface area contributed by atoms with Crippen molar-refractivity contribution in [2.75, 3.05) is 46.3 Å². The van der Waals surface area contributed by atoms with E-state index >= 15 is 0 Å². The Labute approximate surface area is 96.4 Å². The summed E-state index contributed by atoms with van der Waals surface area (Å²) in [5.74, 6) is 0.0685. The smallest absolute Gasteiger partial charge is 0.234 e. The molecule has 2 saturated heterocycles. The van der Waals surface area contributed by atoms with Crippen molar-refractivity contribution in [2.45, 2.75) is 18.4 Å². The number of hydrogen-bond acceptors (Lipinski definition) is 4. The predicted octanol–water partition coefficient (Wildman–Crippen LogP) is -1.13. The van der Waals surface area contributed by atoms with Crippen LogP contribution in [0, 0.1) is 0 Å². The summed E-state index contributed by atoms with van der Waals surface area (Å²) in [6.45, 7) is 4.35. The topological polar surface area (TPSA) is 55.8 Å². The number of carbonyl (C=O) groups is 1. The molecule has 2 fully saturated rings. The molecule has 2 heterocycles. The Hall–Kier alpha value is -0.650. The Bertz CT molecular complexity index is 272. The van der Waals surface area contributed by atoms with Crippen LogP contribution >= 0.6 is 0 Å². The minimum Gasteiger partial charge on any atom is -0.387 e. The molecule has 0 aromatic rings. The van der Waals surface area contributed by atoms with Gasteiger partial charge in [0.15, 0.2) is 0 Å². The third kappa shape index (κ3) is 2.93. The van der Waals surface area contributed by atoms with Gasteiger partial charge in [-0.15, -0.1) is 0 Å². The van der Waals surface area contributed by atoms with Gasteiger partial charge in [0.05, 0.1) is 12.1 Å². The number of carbonyl (C=O) groups excluding carboxylic acids is 1. The zero-order chi connectivity index (χ0) is 11.6. The van der Waals surface area contributed by atoms with Gasteiger partial charge in [-0.2, -0.15) is 0 Å². The fourth-order valence-electron chi connectivity index (χ4n) is 2.71. The Morgan fingerprint density at radius 3 is 3.00 bits per heavy atom. The maximum atomic E-state index is 11.2. The monoisotopic (exact) mass is 227 g/mol. The van der Waals surface area contributed by atoms with Gasteiger partial charge in [0.2, 0.25) is 5.91 Å². The van der Waals surface area contributed by atoms with E-state index < -0.39 is 5.60 Å². The normalized spacial score (nSPS) is 33.8. The second kappa shape index (κ2) is 4.69. The van der Waals surface area contributed by atoms with E-state index in [9.17, 15) is 9.90 Å². The highest BCUT2D eigenvalue weighted by Crippen LogP contribution is 2.21. The van der Waals surface area contributed by atoms with Crippen molar-refractivity contribution in [1.29, 1.82) is 0 Å². The molecule has 2 aliphatic rings. The van der Waals surface area contributed by atoms with Crippen LogP contribution in [0.4, 0.5) is 0 Å². The number of likely N-dealkylation sites (N-methyl/N-ethyl adjacent to an activating group) is 1. The summed E-state index contributed by atoms with van der Waals surface area (Å²) in [5.41, 5.74) is -0.634. The van der Waals surface area contributed by atoms with E-state index in [-0.39, 0.29) is 5.91 Å². The van der Waals surface area contributed by atoms with E-state index in [4.69, 9.17) is 0 Å². The Kier molecular flexibility index (Phi) is 3.47. The first-order valence-electron chi connectivity index (χ1n) is 5.97. The van der Waals surface area contributed by atoms with Crippen molar-refractivity contribution >= 4 is 5.91 Å². The minimum absolute atomic E-state index is 0.0685. The molecular formula is C11H21N3O2. The largest absolute Gasteiger partial charge is 0.387 e. The van der Waals surface area contributed by atoms with Gasteiger partial charge >= 0.3 is 0 Å². The highest BCUT2D eigenvalue weighted by atomic mass is 16.3. The number of β-amino-alcohol motifs (C(OH)–C–C–N with tert-alkyl or cyclic N) is 1. The molecule has 0 spiro atoms. The lowest BCUT2D eigenvalue weighted by Crippen LogP contribution is -2.57. The van der Waals surface area contributed by atoms with E-state index in [1.54, 1.807) is 0 Å². The first-order chi connectivity index (χ1) is 7.57. The molecule has 2 N–H and O–H groups in total. The van der Waals surface area contributed by atoms with Crippen LogP contribution in [0.3, 0.4) is 0 Å². The average molecular weight is 227 g/mol. The van der Waals surface area contributed by atoms with Crippen molar-refractivity contribution in [3.8, 4) is 0 Å². The summed E-state index contributed by atoms with van der Waals surface area (Å²) >= 11 is 0. The lowest BCUT2D eigenvalue weighted by atomic mass is 9.92. The van der Waals surface area contributed by atoms with Crippen molar-refractivity contribution in [1.82, 2.24) is 15.1 Å². The molecule has 2 aliphatic heterocycles. The molecule has 0 unspecified atom stereocenters. The Morgan fingerprint density at radius 2 is 2.31 bits per heavy atom. The van der Waals surface area contributed by atoms with Crippen LogP contribution in [0.5, 0.6) is 0 Å². The fraction of sp³-hybridized carbons (Fsp3) is 0.909. The first-order valence-corrected chi connectivity index (χ1v) is 5.97. The fourth-order valence-corrected chi connectivity index (χ4v) is 2.71. The van der Waals surface area contributed by atoms with E-state index in [2.05, 4.69) is 15.1 Å². The third-order valence-electron chi connectivity index (χ3n) is 3.38. The molecule has 0 aromatic carbocycles. The number of nitrogens with one attached hydrogen (secondary N) is 1. The molecule has 92 valence electrons. The summed E-state index contributed by atoms with van der Waals surface area (Å²) in [5, 5.41) is 13.3. The molecule has 5 nitrogen and oxygen atoms in total. The molecular weight excluding hydrogens is 206 g/mol. The number of nitrogens with zero attached hydrogens (tertiary/aromatic N) is 2. The zero-order valence-corrected chi connectivity index (χ0v) is 9.91. The lowest BCUT2D eigenvalue weighted by molar-refractivity contribution is -0.126. The van der Waals surface area contributed by atoms with E-state index in [1.807, 2.05) is 7.05 Å². The van der Waals surface area contributed by atoms with Gasteiger partial charge < -0.3 is 15.3 Å². The van der Waals surface area contributed by atoms with Crippen molar-refractivity contribution in [3.05, 3.63) is 0 Å². The minimum atomic E-state index is -0.634. The molecule has 1 atom stereocenters. The van der Waals surface area contributed by atoms with Gasteiger partial charge in [-0.05, 0) is 26.4 Å².